The van der Waals surface area contributed by atoms with Crippen molar-refractivity contribution in [1.82, 2.24) is 15.0 Å². The van der Waals surface area contributed by atoms with Gasteiger partial charge in [0.1, 0.15) is 22.3 Å². The Morgan fingerprint density at radius 3 is 1.51 bits per heavy atom. The van der Waals surface area contributed by atoms with Gasteiger partial charge in [-0.15, -0.1) is 11.3 Å². The second kappa shape index (κ2) is 12.6. The van der Waals surface area contributed by atoms with Gasteiger partial charge in [-0.05, 0) is 70.8 Å². The van der Waals surface area contributed by atoms with Crippen LogP contribution < -0.4 is 0 Å². The number of hydrogen-bond donors (Lipinski definition) is 0. The molecule has 4 heterocycles. The average Bonchev–Trinajstić information content (AvgIpc) is 3.97. The van der Waals surface area contributed by atoms with Crippen LogP contribution in [0, 0.1) is 0 Å². The fraction of sp³-hybridized carbons (Fsp3) is 0. The second-order valence-corrected chi connectivity index (χ2v) is 15.4. The van der Waals surface area contributed by atoms with E-state index in [4.69, 9.17) is 23.8 Å². The Kier molecular flexibility index (Phi) is 7.03. The van der Waals surface area contributed by atoms with Crippen molar-refractivity contribution in [3.8, 4) is 56.4 Å². The van der Waals surface area contributed by atoms with E-state index < -0.39 is 0 Å². The minimum Gasteiger partial charge on any atom is -0.456 e. The van der Waals surface area contributed by atoms with Gasteiger partial charge in [0, 0.05) is 58.4 Å². The molecule has 0 unspecified atom stereocenters. The molecule has 0 saturated carbocycles. The molecule has 0 aliphatic carbocycles. The molecule has 0 aliphatic heterocycles. The van der Waals surface area contributed by atoms with Crippen molar-refractivity contribution in [2.24, 2.45) is 0 Å². The zero-order chi connectivity index (χ0) is 37.5. The molecule has 12 aromatic rings. The SMILES string of the molecule is c1ccc(-c2ccc3c(c2)oc2cc(-c4nc(-c5ccc(-c6cccc7c6sc6ccccc67)cc5)nc(-c5ccc6c(c5)oc5ccccc56)n4)ccc23)cc1. The molecule has 0 spiro atoms. The van der Waals surface area contributed by atoms with Crippen LogP contribution in [-0.4, -0.2) is 15.0 Å². The van der Waals surface area contributed by atoms with Crippen molar-refractivity contribution < 1.29 is 8.83 Å². The van der Waals surface area contributed by atoms with Crippen LogP contribution in [-0.2, 0) is 0 Å². The first-order valence-corrected chi connectivity index (χ1v) is 19.7. The van der Waals surface area contributed by atoms with Crippen LogP contribution in [0.15, 0.2) is 185 Å². The van der Waals surface area contributed by atoms with E-state index in [2.05, 4.69) is 140 Å². The maximum atomic E-state index is 6.51. The van der Waals surface area contributed by atoms with Gasteiger partial charge in [-0.1, -0.05) is 127 Å². The Hall–Kier alpha value is -7.41. The van der Waals surface area contributed by atoms with Gasteiger partial charge < -0.3 is 8.83 Å². The Balaban J connectivity index is 0.987. The van der Waals surface area contributed by atoms with Gasteiger partial charge in [-0.3, -0.25) is 0 Å². The minimum absolute atomic E-state index is 0.561. The van der Waals surface area contributed by atoms with E-state index in [-0.39, 0.29) is 0 Å². The van der Waals surface area contributed by atoms with E-state index in [1.165, 1.54) is 25.7 Å². The van der Waals surface area contributed by atoms with E-state index >= 15 is 0 Å². The Labute approximate surface area is 330 Å². The van der Waals surface area contributed by atoms with Gasteiger partial charge >= 0.3 is 0 Å². The molecule has 57 heavy (non-hydrogen) atoms. The first-order valence-electron chi connectivity index (χ1n) is 18.9. The van der Waals surface area contributed by atoms with Crippen LogP contribution in [0.25, 0.3) is 120 Å². The predicted octanol–water partition coefficient (Wildman–Crippen LogP) is 14.4. The number of benzene rings is 8. The summed E-state index contributed by atoms with van der Waals surface area (Å²) in [6.07, 6.45) is 0. The summed E-state index contributed by atoms with van der Waals surface area (Å²) in [4.78, 5) is 15.3. The number of nitrogens with zero attached hydrogens (tertiary/aromatic N) is 3. The number of fused-ring (bicyclic) bond motifs is 9. The van der Waals surface area contributed by atoms with Crippen LogP contribution in [0.2, 0.25) is 0 Å². The van der Waals surface area contributed by atoms with Crippen molar-refractivity contribution in [3.63, 3.8) is 0 Å². The molecule has 0 bridgehead atoms. The maximum Gasteiger partial charge on any atom is 0.164 e. The standard InChI is InChI=1S/C51H29N3O2S/c1-2-9-30(10-3-1)33-21-24-39-40-26-23-35(29-46(40)56-44(39)27-33)51-53-49(52-50(54-51)34-22-25-38-37-11-4-6-15-43(37)55-45(38)28-34)32-19-17-31(18-20-32)36-13-8-14-42-41-12-5-7-16-47(41)57-48(36)42/h1-29H. The van der Waals surface area contributed by atoms with Gasteiger partial charge in [-0.25, -0.2) is 15.0 Å². The molecule has 12 rings (SSSR count). The van der Waals surface area contributed by atoms with Gasteiger partial charge in [-0.2, -0.15) is 0 Å². The molecule has 0 radical (unpaired) electrons. The lowest BCUT2D eigenvalue weighted by Crippen LogP contribution is -2.00. The normalized spacial score (nSPS) is 11.9. The molecule has 5 nitrogen and oxygen atoms in total. The summed E-state index contributed by atoms with van der Waals surface area (Å²) in [6.45, 7) is 0. The van der Waals surface area contributed by atoms with E-state index in [1.807, 2.05) is 47.7 Å². The molecule has 0 atom stereocenters. The molecule has 0 fully saturated rings. The highest BCUT2D eigenvalue weighted by molar-refractivity contribution is 7.26. The molecule has 0 N–H and O–H groups in total. The molecule has 0 amide bonds. The molecular formula is C51H29N3O2S. The highest BCUT2D eigenvalue weighted by atomic mass is 32.1. The number of furan rings is 2. The number of para-hydroxylation sites is 1. The van der Waals surface area contributed by atoms with Crippen molar-refractivity contribution in [3.05, 3.63) is 176 Å². The van der Waals surface area contributed by atoms with Crippen LogP contribution in [0.4, 0.5) is 0 Å². The summed E-state index contributed by atoms with van der Waals surface area (Å²) >= 11 is 1.84. The van der Waals surface area contributed by atoms with Gasteiger partial charge in [0.25, 0.3) is 0 Å². The molecular weight excluding hydrogens is 719 g/mol. The Morgan fingerprint density at radius 2 is 0.807 bits per heavy atom. The maximum absolute atomic E-state index is 6.51. The van der Waals surface area contributed by atoms with E-state index in [1.54, 1.807) is 0 Å². The van der Waals surface area contributed by atoms with Gasteiger partial charge in [0.15, 0.2) is 17.5 Å². The summed E-state index contributed by atoms with van der Waals surface area (Å²) in [5, 5.41) is 6.82. The highest BCUT2D eigenvalue weighted by Gasteiger charge is 2.17. The number of rotatable bonds is 5. The fourth-order valence-corrected chi connectivity index (χ4v) is 9.37. The van der Waals surface area contributed by atoms with Crippen LogP contribution >= 0.6 is 11.3 Å². The van der Waals surface area contributed by atoms with Gasteiger partial charge in [0.05, 0.1) is 0 Å². The van der Waals surface area contributed by atoms with Crippen LogP contribution in [0.3, 0.4) is 0 Å². The molecule has 8 aromatic carbocycles. The Bertz CT molecular complexity index is 3530. The number of thiophene rings is 1. The first kappa shape index (κ1) is 31.9. The van der Waals surface area contributed by atoms with Crippen molar-refractivity contribution in [1.29, 1.82) is 0 Å². The third-order valence-electron chi connectivity index (χ3n) is 11.0. The summed E-state index contributed by atoms with van der Waals surface area (Å²) < 4.78 is 15.4. The largest absolute Gasteiger partial charge is 0.456 e. The highest BCUT2D eigenvalue weighted by Crippen LogP contribution is 2.41. The predicted molar refractivity (Wildman–Crippen MR) is 234 cm³/mol. The smallest absolute Gasteiger partial charge is 0.164 e. The second-order valence-electron chi connectivity index (χ2n) is 14.4. The lowest BCUT2D eigenvalue weighted by molar-refractivity contribution is 0.669. The molecule has 0 saturated heterocycles. The molecule has 0 aliphatic rings. The fourth-order valence-electron chi connectivity index (χ4n) is 8.13. The van der Waals surface area contributed by atoms with Gasteiger partial charge in [0.2, 0.25) is 0 Å². The number of hydrogen-bond acceptors (Lipinski definition) is 6. The van der Waals surface area contributed by atoms with Crippen molar-refractivity contribution in [2.75, 3.05) is 0 Å². The zero-order valence-corrected chi connectivity index (χ0v) is 31.1. The first-order chi connectivity index (χ1) is 28.2. The summed E-state index contributed by atoms with van der Waals surface area (Å²) in [7, 11) is 0. The van der Waals surface area contributed by atoms with Crippen molar-refractivity contribution >= 4 is 75.4 Å². The Morgan fingerprint density at radius 1 is 0.316 bits per heavy atom. The monoisotopic (exact) mass is 747 g/mol. The van der Waals surface area contributed by atoms with Crippen molar-refractivity contribution in [2.45, 2.75) is 0 Å². The van der Waals surface area contributed by atoms with E-state index in [0.717, 1.165) is 77.3 Å². The lowest BCUT2D eigenvalue weighted by atomic mass is 10.0. The van der Waals surface area contributed by atoms with Crippen LogP contribution in [0.5, 0.6) is 0 Å². The lowest BCUT2D eigenvalue weighted by Gasteiger charge is -2.10. The minimum atomic E-state index is 0.561. The summed E-state index contributed by atoms with van der Waals surface area (Å²) in [5.41, 5.74) is 10.5. The molecule has 4 aromatic heterocycles. The van der Waals surface area contributed by atoms with Crippen LogP contribution in [0.1, 0.15) is 0 Å². The molecule has 6 heteroatoms. The summed E-state index contributed by atoms with van der Waals surface area (Å²) in [6, 6.07) is 61.0. The van der Waals surface area contributed by atoms with E-state index in [0.29, 0.717) is 17.5 Å². The summed E-state index contributed by atoms with van der Waals surface area (Å²) in [5.74, 6) is 1.71. The quantitative estimate of drug-likeness (QED) is 0.175. The third-order valence-corrected chi connectivity index (χ3v) is 12.2. The third kappa shape index (κ3) is 5.26. The molecule has 266 valence electrons. The van der Waals surface area contributed by atoms with E-state index in [9.17, 15) is 0 Å². The topological polar surface area (TPSA) is 65.0 Å². The zero-order valence-electron chi connectivity index (χ0n) is 30.3. The average molecular weight is 748 g/mol. The number of aromatic nitrogens is 3.